The van der Waals surface area contributed by atoms with Crippen LogP contribution in [0.25, 0.3) is 0 Å². The number of imidazole rings is 1. The molecule has 2 heterocycles. The molecule has 0 radical (unpaired) electrons. The zero-order valence-electron chi connectivity index (χ0n) is 10.4. The van der Waals surface area contributed by atoms with E-state index < -0.39 is 10.0 Å². The molecular formula is C10H15N5O2S. The van der Waals surface area contributed by atoms with E-state index in [9.17, 15) is 8.42 Å². The molecule has 0 spiro atoms. The van der Waals surface area contributed by atoms with Gasteiger partial charge in [-0.25, -0.2) is 4.98 Å². The van der Waals surface area contributed by atoms with Crippen molar-refractivity contribution in [3.63, 3.8) is 0 Å². The molecule has 98 valence electrons. The number of sulfonamides is 1. The van der Waals surface area contributed by atoms with E-state index >= 15 is 0 Å². The minimum atomic E-state index is -3.67. The van der Waals surface area contributed by atoms with Gasteiger partial charge in [-0.2, -0.15) is 13.5 Å². The van der Waals surface area contributed by atoms with Crippen LogP contribution in [0.2, 0.25) is 0 Å². The predicted molar refractivity (Wildman–Crippen MR) is 66.7 cm³/mol. The van der Waals surface area contributed by atoms with Crippen LogP contribution in [0.5, 0.6) is 0 Å². The highest BCUT2D eigenvalue weighted by Crippen LogP contribution is 2.14. The monoisotopic (exact) mass is 269 g/mol. The van der Waals surface area contributed by atoms with Crippen LogP contribution in [-0.2, 0) is 23.5 Å². The van der Waals surface area contributed by atoms with Crippen LogP contribution in [0, 0.1) is 6.92 Å². The van der Waals surface area contributed by atoms with Crippen LogP contribution in [0.15, 0.2) is 17.3 Å². The maximum atomic E-state index is 12.0. The van der Waals surface area contributed by atoms with Crippen LogP contribution >= 0.6 is 0 Å². The highest BCUT2D eigenvalue weighted by molar-refractivity contribution is 7.92. The molecule has 0 unspecified atom stereocenters. The zero-order valence-corrected chi connectivity index (χ0v) is 11.2. The second kappa shape index (κ2) is 4.45. The Balaban J connectivity index is 2.26. The van der Waals surface area contributed by atoms with Crippen molar-refractivity contribution in [3.05, 3.63) is 23.8 Å². The van der Waals surface area contributed by atoms with Gasteiger partial charge in [0.15, 0.2) is 10.8 Å². The second-order valence-electron chi connectivity index (χ2n) is 3.97. The first kappa shape index (κ1) is 12.6. The molecule has 0 aliphatic carbocycles. The van der Waals surface area contributed by atoms with Gasteiger partial charge in [-0.1, -0.05) is 6.92 Å². The zero-order chi connectivity index (χ0) is 13.3. The number of anilines is 1. The summed E-state index contributed by atoms with van der Waals surface area (Å²) in [5.41, 5.74) is 0.866. The first-order valence-electron chi connectivity index (χ1n) is 5.49. The molecular weight excluding hydrogens is 254 g/mol. The normalized spacial score (nSPS) is 11.7. The van der Waals surface area contributed by atoms with E-state index in [4.69, 9.17) is 0 Å². The number of hydrogen-bond donors (Lipinski definition) is 2. The van der Waals surface area contributed by atoms with Crippen LogP contribution in [0.1, 0.15) is 18.4 Å². The van der Waals surface area contributed by atoms with Crippen molar-refractivity contribution >= 4 is 15.8 Å². The standard InChI is InChI=1S/C10H15N5O2S/c1-4-8-5-9(13-12-8)14-18(16,17)10-6-15(3)7(2)11-10/h5-6H,4H2,1-3H3,(H2,12,13,14). The molecule has 2 rings (SSSR count). The van der Waals surface area contributed by atoms with Crippen LogP contribution in [0.3, 0.4) is 0 Å². The fourth-order valence-electron chi connectivity index (χ4n) is 1.44. The van der Waals surface area contributed by atoms with Gasteiger partial charge in [0.25, 0.3) is 10.0 Å². The second-order valence-corrected chi connectivity index (χ2v) is 5.60. The number of nitrogens with zero attached hydrogens (tertiary/aromatic N) is 3. The van der Waals surface area contributed by atoms with Gasteiger partial charge in [0.2, 0.25) is 0 Å². The maximum absolute atomic E-state index is 12.0. The molecule has 0 aromatic carbocycles. The third kappa shape index (κ3) is 2.37. The first-order valence-corrected chi connectivity index (χ1v) is 6.97. The fourth-order valence-corrected chi connectivity index (χ4v) is 2.47. The Morgan fingerprint density at radius 1 is 1.50 bits per heavy atom. The summed E-state index contributed by atoms with van der Waals surface area (Å²) < 4.78 is 28.1. The number of nitrogens with one attached hydrogen (secondary N) is 2. The average molecular weight is 269 g/mol. The molecule has 0 amide bonds. The van der Waals surface area contributed by atoms with Gasteiger partial charge >= 0.3 is 0 Å². The molecule has 7 nitrogen and oxygen atoms in total. The molecule has 0 fully saturated rings. The van der Waals surface area contributed by atoms with Gasteiger partial charge in [-0.15, -0.1) is 0 Å². The molecule has 2 aromatic rings. The van der Waals surface area contributed by atoms with E-state index in [-0.39, 0.29) is 10.8 Å². The average Bonchev–Trinajstić information content (AvgIpc) is 2.87. The number of hydrogen-bond acceptors (Lipinski definition) is 4. The molecule has 0 bridgehead atoms. The molecule has 2 N–H and O–H groups in total. The Kier molecular flexibility index (Phi) is 3.12. The minimum absolute atomic E-state index is 0.0106. The Morgan fingerprint density at radius 2 is 2.22 bits per heavy atom. The SMILES string of the molecule is CCc1cc(NS(=O)(=O)c2cn(C)c(C)n2)n[nH]1. The molecule has 18 heavy (non-hydrogen) atoms. The van der Waals surface area contributed by atoms with Gasteiger partial charge in [0, 0.05) is 25.0 Å². The third-order valence-electron chi connectivity index (χ3n) is 2.61. The number of aromatic amines is 1. The highest BCUT2D eigenvalue weighted by Gasteiger charge is 2.19. The number of rotatable bonds is 4. The van der Waals surface area contributed by atoms with Crippen LogP contribution in [0.4, 0.5) is 5.82 Å². The molecule has 0 atom stereocenters. The van der Waals surface area contributed by atoms with Crippen molar-refractivity contribution in [1.82, 2.24) is 19.7 Å². The summed E-state index contributed by atoms with van der Waals surface area (Å²) in [5.74, 6) is 0.904. The Morgan fingerprint density at radius 3 is 2.72 bits per heavy atom. The largest absolute Gasteiger partial charge is 0.337 e. The molecule has 0 aliphatic rings. The van der Waals surface area contributed by atoms with Gasteiger partial charge in [-0.3, -0.25) is 9.82 Å². The highest BCUT2D eigenvalue weighted by atomic mass is 32.2. The van der Waals surface area contributed by atoms with E-state index in [2.05, 4.69) is 19.9 Å². The van der Waals surface area contributed by atoms with E-state index in [0.29, 0.717) is 5.82 Å². The van der Waals surface area contributed by atoms with Crippen molar-refractivity contribution in [2.75, 3.05) is 4.72 Å². The Hall–Kier alpha value is -1.83. The topological polar surface area (TPSA) is 92.7 Å². The minimum Gasteiger partial charge on any atom is -0.337 e. The van der Waals surface area contributed by atoms with E-state index in [1.165, 1.54) is 6.20 Å². The summed E-state index contributed by atoms with van der Waals surface area (Å²) >= 11 is 0. The van der Waals surface area contributed by atoms with E-state index in [0.717, 1.165) is 12.1 Å². The lowest BCUT2D eigenvalue weighted by Crippen LogP contribution is -2.13. The smallest absolute Gasteiger partial charge is 0.282 e. The lowest BCUT2D eigenvalue weighted by atomic mass is 10.3. The van der Waals surface area contributed by atoms with Gasteiger partial charge in [0.1, 0.15) is 5.82 Å². The number of aromatic nitrogens is 4. The predicted octanol–water partition coefficient (Wildman–Crippen LogP) is 0.815. The van der Waals surface area contributed by atoms with Crippen molar-refractivity contribution in [2.45, 2.75) is 25.3 Å². The molecule has 0 saturated heterocycles. The lowest BCUT2D eigenvalue weighted by molar-refractivity contribution is 0.597. The Bertz CT molecular complexity index is 636. The van der Waals surface area contributed by atoms with Crippen molar-refractivity contribution in [3.8, 4) is 0 Å². The lowest BCUT2D eigenvalue weighted by Gasteiger charge is -2.00. The van der Waals surface area contributed by atoms with Crippen LogP contribution < -0.4 is 4.72 Å². The van der Waals surface area contributed by atoms with Gasteiger partial charge in [0.05, 0.1) is 0 Å². The number of aryl methyl sites for hydroxylation is 3. The van der Waals surface area contributed by atoms with Crippen LogP contribution in [-0.4, -0.2) is 28.2 Å². The third-order valence-corrected chi connectivity index (χ3v) is 3.84. The molecule has 0 aliphatic heterocycles. The summed E-state index contributed by atoms with van der Waals surface area (Å²) in [4.78, 5) is 3.98. The summed E-state index contributed by atoms with van der Waals surface area (Å²) in [6.45, 7) is 3.69. The number of H-pyrrole nitrogens is 1. The summed E-state index contributed by atoms with van der Waals surface area (Å²) in [5, 5.41) is 6.61. The summed E-state index contributed by atoms with van der Waals surface area (Å²) in [7, 11) is -1.93. The van der Waals surface area contributed by atoms with Gasteiger partial charge < -0.3 is 4.57 Å². The molecule has 8 heteroatoms. The van der Waals surface area contributed by atoms with Crippen molar-refractivity contribution in [1.29, 1.82) is 0 Å². The Labute approximate surface area is 105 Å². The van der Waals surface area contributed by atoms with Crippen molar-refractivity contribution < 1.29 is 8.42 Å². The molecule has 2 aromatic heterocycles. The van der Waals surface area contributed by atoms with Gasteiger partial charge in [-0.05, 0) is 13.3 Å². The summed E-state index contributed by atoms with van der Waals surface area (Å²) in [6.07, 6.45) is 2.22. The fraction of sp³-hybridized carbons (Fsp3) is 0.400. The maximum Gasteiger partial charge on any atom is 0.282 e. The summed E-state index contributed by atoms with van der Waals surface area (Å²) in [6, 6.07) is 1.66. The quantitative estimate of drug-likeness (QED) is 0.859. The van der Waals surface area contributed by atoms with Crippen molar-refractivity contribution in [2.24, 2.45) is 7.05 Å². The first-order chi connectivity index (χ1) is 8.42. The molecule has 0 saturated carbocycles. The van der Waals surface area contributed by atoms with E-state index in [1.54, 1.807) is 24.6 Å². The van der Waals surface area contributed by atoms with E-state index in [1.807, 2.05) is 6.92 Å².